The Bertz CT molecular complexity index is 237. The van der Waals surface area contributed by atoms with Crippen LogP contribution >= 0.6 is 0 Å². The summed E-state index contributed by atoms with van der Waals surface area (Å²) in [4.78, 5) is 0. The highest BCUT2D eigenvalue weighted by Gasteiger charge is 2.33. The first-order valence-corrected chi connectivity index (χ1v) is 8.10. The van der Waals surface area contributed by atoms with Crippen LogP contribution in [0.5, 0.6) is 0 Å². The molecule has 106 valence electrons. The van der Waals surface area contributed by atoms with Crippen LogP contribution in [0, 0.1) is 17.8 Å². The molecule has 0 amide bonds. The molecule has 2 rings (SSSR count). The van der Waals surface area contributed by atoms with E-state index in [1.54, 1.807) is 0 Å². The minimum atomic E-state index is 0.451. The average molecular weight is 253 g/mol. The highest BCUT2D eigenvalue weighted by molar-refractivity contribution is 4.87. The molecule has 0 bridgehead atoms. The van der Waals surface area contributed by atoms with Crippen molar-refractivity contribution in [2.24, 2.45) is 23.5 Å². The summed E-state index contributed by atoms with van der Waals surface area (Å²) in [5, 5.41) is 0. The van der Waals surface area contributed by atoms with E-state index in [2.05, 4.69) is 13.8 Å². The van der Waals surface area contributed by atoms with Gasteiger partial charge < -0.3 is 10.5 Å². The van der Waals surface area contributed by atoms with E-state index in [0.717, 1.165) is 24.4 Å². The first-order valence-electron chi connectivity index (χ1n) is 8.10. The number of hydrogen-bond donors (Lipinski definition) is 1. The highest BCUT2D eigenvalue weighted by atomic mass is 16.5. The lowest BCUT2D eigenvalue weighted by molar-refractivity contribution is -0.0302. The highest BCUT2D eigenvalue weighted by Crippen LogP contribution is 2.38. The zero-order valence-electron chi connectivity index (χ0n) is 12.2. The molecule has 0 radical (unpaired) electrons. The summed E-state index contributed by atoms with van der Waals surface area (Å²) in [6.07, 6.45) is 11.2. The molecule has 2 aliphatic rings. The lowest BCUT2D eigenvalue weighted by Gasteiger charge is -2.39. The van der Waals surface area contributed by atoms with E-state index in [-0.39, 0.29) is 0 Å². The average Bonchev–Trinajstić information content (AvgIpc) is 2.36. The molecule has 0 saturated heterocycles. The van der Waals surface area contributed by atoms with Gasteiger partial charge in [-0.25, -0.2) is 0 Å². The second-order valence-electron chi connectivity index (χ2n) is 6.52. The molecule has 0 aromatic heterocycles. The lowest BCUT2D eigenvalue weighted by Crippen LogP contribution is -2.40. The second-order valence-corrected chi connectivity index (χ2v) is 6.52. The van der Waals surface area contributed by atoms with Gasteiger partial charge in [0.2, 0.25) is 0 Å². The van der Waals surface area contributed by atoms with Gasteiger partial charge in [-0.3, -0.25) is 0 Å². The molecule has 2 aliphatic carbocycles. The first kappa shape index (κ1) is 14.3. The second kappa shape index (κ2) is 6.91. The van der Waals surface area contributed by atoms with Crippen molar-refractivity contribution in [3.63, 3.8) is 0 Å². The molecule has 2 N–H and O–H groups in total. The molecular formula is C16H31NO. The Hall–Kier alpha value is -0.0800. The van der Waals surface area contributed by atoms with Crippen molar-refractivity contribution in [1.82, 2.24) is 0 Å². The Balaban J connectivity index is 1.67. The fourth-order valence-electron chi connectivity index (χ4n) is 3.91. The molecule has 3 unspecified atom stereocenters. The molecule has 2 saturated carbocycles. The molecule has 2 nitrogen and oxygen atoms in total. The van der Waals surface area contributed by atoms with Gasteiger partial charge in [0.05, 0.1) is 6.10 Å². The molecule has 0 spiro atoms. The third-order valence-electron chi connectivity index (χ3n) is 5.21. The maximum absolute atomic E-state index is 6.45. The quantitative estimate of drug-likeness (QED) is 0.782. The molecule has 0 aliphatic heterocycles. The van der Waals surface area contributed by atoms with Crippen LogP contribution < -0.4 is 5.73 Å². The van der Waals surface area contributed by atoms with Gasteiger partial charge in [0.1, 0.15) is 0 Å². The Morgan fingerprint density at radius 3 is 2.56 bits per heavy atom. The minimum absolute atomic E-state index is 0.451. The molecule has 3 atom stereocenters. The van der Waals surface area contributed by atoms with Gasteiger partial charge in [0.25, 0.3) is 0 Å². The van der Waals surface area contributed by atoms with E-state index < -0.39 is 0 Å². The van der Waals surface area contributed by atoms with E-state index in [1.165, 1.54) is 51.4 Å². The molecular weight excluding hydrogens is 222 g/mol. The zero-order valence-corrected chi connectivity index (χ0v) is 12.2. The molecule has 0 aromatic carbocycles. The summed E-state index contributed by atoms with van der Waals surface area (Å²) in [6.45, 7) is 5.29. The SMILES string of the molecule is CCOC1CC(CC(N)C2CCCC(CC)C2)C1. The Kier molecular flexibility index (Phi) is 5.50. The molecule has 18 heavy (non-hydrogen) atoms. The van der Waals surface area contributed by atoms with Crippen molar-refractivity contribution in [3.8, 4) is 0 Å². The summed E-state index contributed by atoms with van der Waals surface area (Å²) in [5.41, 5.74) is 6.45. The minimum Gasteiger partial charge on any atom is -0.378 e. The summed E-state index contributed by atoms with van der Waals surface area (Å²) >= 11 is 0. The smallest absolute Gasteiger partial charge is 0.0580 e. The van der Waals surface area contributed by atoms with Gasteiger partial charge >= 0.3 is 0 Å². The maximum atomic E-state index is 6.45. The summed E-state index contributed by atoms with van der Waals surface area (Å²) in [6, 6.07) is 0.451. The van der Waals surface area contributed by atoms with E-state index in [0.29, 0.717) is 12.1 Å². The van der Waals surface area contributed by atoms with E-state index in [4.69, 9.17) is 10.5 Å². The van der Waals surface area contributed by atoms with Crippen molar-refractivity contribution < 1.29 is 4.74 Å². The van der Waals surface area contributed by atoms with Crippen LogP contribution in [0.2, 0.25) is 0 Å². The number of rotatable bonds is 6. The normalized spacial score (nSPS) is 38.2. The van der Waals surface area contributed by atoms with Crippen LogP contribution in [-0.2, 0) is 4.74 Å². The summed E-state index contributed by atoms with van der Waals surface area (Å²) < 4.78 is 5.63. The Labute approximate surface area is 113 Å². The number of hydrogen-bond acceptors (Lipinski definition) is 2. The fraction of sp³-hybridized carbons (Fsp3) is 1.00. The first-order chi connectivity index (χ1) is 8.72. The van der Waals surface area contributed by atoms with E-state index >= 15 is 0 Å². The standard InChI is InChI=1S/C16H31NO/c1-3-12-6-5-7-14(8-12)16(17)11-13-9-15(10-13)18-4-2/h12-16H,3-11,17H2,1-2H3. The zero-order chi connectivity index (χ0) is 13.0. The monoisotopic (exact) mass is 253 g/mol. The van der Waals surface area contributed by atoms with Crippen molar-refractivity contribution >= 4 is 0 Å². The van der Waals surface area contributed by atoms with Gasteiger partial charge in [-0.1, -0.05) is 26.2 Å². The van der Waals surface area contributed by atoms with Crippen LogP contribution in [-0.4, -0.2) is 18.8 Å². The van der Waals surface area contributed by atoms with Gasteiger partial charge in [0.15, 0.2) is 0 Å². The van der Waals surface area contributed by atoms with Crippen molar-refractivity contribution in [2.45, 2.75) is 77.4 Å². The lowest BCUT2D eigenvalue weighted by atomic mass is 9.71. The molecule has 0 aromatic rings. The van der Waals surface area contributed by atoms with Crippen molar-refractivity contribution in [2.75, 3.05) is 6.61 Å². The number of ether oxygens (including phenoxy) is 1. The van der Waals surface area contributed by atoms with Crippen LogP contribution in [0.4, 0.5) is 0 Å². The predicted octanol–water partition coefficient (Wildman–Crippen LogP) is 3.74. The summed E-state index contributed by atoms with van der Waals surface area (Å²) in [7, 11) is 0. The third kappa shape index (κ3) is 3.71. The number of nitrogens with two attached hydrogens (primary N) is 1. The Morgan fingerprint density at radius 1 is 1.11 bits per heavy atom. The maximum Gasteiger partial charge on any atom is 0.0580 e. The molecule has 2 fully saturated rings. The van der Waals surface area contributed by atoms with Crippen molar-refractivity contribution in [1.29, 1.82) is 0 Å². The van der Waals surface area contributed by atoms with Gasteiger partial charge in [-0.15, -0.1) is 0 Å². The van der Waals surface area contributed by atoms with Crippen LogP contribution in [0.25, 0.3) is 0 Å². The Morgan fingerprint density at radius 2 is 1.89 bits per heavy atom. The molecule has 0 heterocycles. The van der Waals surface area contributed by atoms with Crippen LogP contribution in [0.3, 0.4) is 0 Å². The van der Waals surface area contributed by atoms with E-state index in [1.807, 2.05) is 0 Å². The van der Waals surface area contributed by atoms with Gasteiger partial charge in [-0.05, 0) is 56.8 Å². The third-order valence-corrected chi connectivity index (χ3v) is 5.21. The van der Waals surface area contributed by atoms with Gasteiger partial charge in [0, 0.05) is 12.6 Å². The topological polar surface area (TPSA) is 35.2 Å². The van der Waals surface area contributed by atoms with Gasteiger partial charge in [-0.2, -0.15) is 0 Å². The van der Waals surface area contributed by atoms with Crippen LogP contribution in [0.1, 0.15) is 65.2 Å². The fourth-order valence-corrected chi connectivity index (χ4v) is 3.91. The summed E-state index contributed by atoms with van der Waals surface area (Å²) in [5.74, 6) is 2.60. The predicted molar refractivity (Wildman–Crippen MR) is 76.5 cm³/mol. The largest absolute Gasteiger partial charge is 0.378 e. The van der Waals surface area contributed by atoms with Crippen molar-refractivity contribution in [3.05, 3.63) is 0 Å². The van der Waals surface area contributed by atoms with E-state index in [9.17, 15) is 0 Å². The van der Waals surface area contributed by atoms with Crippen LogP contribution in [0.15, 0.2) is 0 Å². The molecule has 2 heteroatoms.